The van der Waals surface area contributed by atoms with Crippen LogP contribution < -0.4 is 4.90 Å². The van der Waals surface area contributed by atoms with Crippen LogP contribution in [0.15, 0.2) is 18.2 Å². The molecule has 1 aliphatic heterocycles. The van der Waals surface area contributed by atoms with Crippen molar-refractivity contribution in [2.75, 3.05) is 31.6 Å². The number of aromatic carboxylic acids is 1. The van der Waals surface area contributed by atoms with Crippen LogP contribution in [0, 0.1) is 6.92 Å². The first kappa shape index (κ1) is 13.9. The summed E-state index contributed by atoms with van der Waals surface area (Å²) in [4.78, 5) is 15.8. The van der Waals surface area contributed by atoms with Gasteiger partial charge in [-0.1, -0.05) is 6.92 Å². The molecule has 1 aromatic rings. The maximum absolute atomic E-state index is 11.0. The zero-order valence-electron chi connectivity index (χ0n) is 11.9. The Morgan fingerprint density at radius 3 is 2.74 bits per heavy atom. The van der Waals surface area contributed by atoms with Gasteiger partial charge in [-0.3, -0.25) is 4.90 Å². The number of benzene rings is 1. The number of likely N-dealkylation sites (N-methyl/N-ethyl adjacent to an activating group) is 1. The van der Waals surface area contributed by atoms with Crippen molar-refractivity contribution in [2.24, 2.45) is 0 Å². The fourth-order valence-corrected chi connectivity index (χ4v) is 2.71. The van der Waals surface area contributed by atoms with E-state index in [-0.39, 0.29) is 0 Å². The summed E-state index contributed by atoms with van der Waals surface area (Å²) in [5, 5.41) is 9.06. The molecule has 0 aromatic heterocycles. The van der Waals surface area contributed by atoms with Gasteiger partial charge in [0.25, 0.3) is 0 Å². The molecule has 1 heterocycles. The first-order chi connectivity index (χ1) is 9.02. The highest BCUT2D eigenvalue weighted by atomic mass is 16.4. The number of carboxylic acids is 1. The molecule has 1 aromatic carbocycles. The number of anilines is 1. The van der Waals surface area contributed by atoms with Gasteiger partial charge in [0.15, 0.2) is 0 Å². The monoisotopic (exact) mass is 262 g/mol. The predicted octanol–water partition coefficient (Wildman–Crippen LogP) is 2.22. The Hall–Kier alpha value is -1.55. The summed E-state index contributed by atoms with van der Waals surface area (Å²) >= 11 is 0. The van der Waals surface area contributed by atoms with Gasteiger partial charge in [-0.2, -0.15) is 0 Å². The minimum Gasteiger partial charge on any atom is -0.478 e. The third-order valence-electron chi connectivity index (χ3n) is 4.05. The highest BCUT2D eigenvalue weighted by molar-refractivity contribution is 5.89. The summed E-state index contributed by atoms with van der Waals surface area (Å²) in [5.41, 5.74) is 2.36. The molecule has 1 unspecified atom stereocenters. The molecular weight excluding hydrogens is 240 g/mol. The second-order valence-electron chi connectivity index (χ2n) is 5.29. The molecular formula is C15H22N2O2. The minimum atomic E-state index is -0.853. The molecule has 1 aliphatic rings. The Labute approximate surface area is 114 Å². The number of piperazine rings is 1. The van der Waals surface area contributed by atoms with Gasteiger partial charge >= 0.3 is 5.97 Å². The molecule has 0 bridgehead atoms. The molecule has 0 radical (unpaired) electrons. The van der Waals surface area contributed by atoms with Crippen LogP contribution in [0.4, 0.5) is 5.69 Å². The van der Waals surface area contributed by atoms with Gasteiger partial charge in [0.1, 0.15) is 0 Å². The number of hydrogen-bond acceptors (Lipinski definition) is 3. The van der Waals surface area contributed by atoms with Crippen molar-refractivity contribution in [3.05, 3.63) is 29.3 Å². The summed E-state index contributed by atoms with van der Waals surface area (Å²) < 4.78 is 0. The number of nitrogens with zero attached hydrogens (tertiary/aromatic N) is 2. The molecule has 4 nitrogen and oxygen atoms in total. The van der Waals surface area contributed by atoms with Crippen molar-refractivity contribution < 1.29 is 9.90 Å². The molecule has 1 fully saturated rings. The van der Waals surface area contributed by atoms with Crippen molar-refractivity contribution in [1.29, 1.82) is 0 Å². The molecule has 0 saturated carbocycles. The van der Waals surface area contributed by atoms with Crippen LogP contribution in [0.3, 0.4) is 0 Å². The summed E-state index contributed by atoms with van der Waals surface area (Å²) in [6.07, 6.45) is 1.14. The Morgan fingerprint density at radius 1 is 1.42 bits per heavy atom. The Morgan fingerprint density at radius 2 is 2.16 bits per heavy atom. The Kier molecular flexibility index (Phi) is 4.10. The highest BCUT2D eigenvalue weighted by Crippen LogP contribution is 2.22. The summed E-state index contributed by atoms with van der Waals surface area (Å²) in [7, 11) is 2.17. The Bertz CT molecular complexity index is 473. The average molecular weight is 262 g/mol. The second kappa shape index (κ2) is 5.61. The van der Waals surface area contributed by atoms with Gasteiger partial charge in [-0.25, -0.2) is 4.79 Å². The van der Waals surface area contributed by atoms with Crippen LogP contribution in [0.1, 0.15) is 29.3 Å². The number of carbonyl (C=O) groups is 1. The maximum atomic E-state index is 11.0. The maximum Gasteiger partial charge on any atom is 0.335 e. The van der Waals surface area contributed by atoms with Gasteiger partial charge < -0.3 is 10.0 Å². The van der Waals surface area contributed by atoms with E-state index in [0.29, 0.717) is 11.6 Å². The van der Waals surface area contributed by atoms with E-state index in [2.05, 4.69) is 23.8 Å². The fourth-order valence-electron chi connectivity index (χ4n) is 2.71. The summed E-state index contributed by atoms with van der Waals surface area (Å²) in [5.74, 6) is -0.853. The molecule has 104 valence electrons. The zero-order chi connectivity index (χ0) is 14.0. The van der Waals surface area contributed by atoms with Crippen LogP contribution in [-0.4, -0.2) is 48.7 Å². The largest absolute Gasteiger partial charge is 0.478 e. The molecule has 1 atom stereocenters. The van der Waals surface area contributed by atoms with E-state index < -0.39 is 5.97 Å². The first-order valence-electron chi connectivity index (χ1n) is 6.82. The first-order valence-corrected chi connectivity index (χ1v) is 6.82. The van der Waals surface area contributed by atoms with Gasteiger partial charge in [0, 0.05) is 31.4 Å². The lowest BCUT2D eigenvalue weighted by Crippen LogP contribution is -2.51. The SMILES string of the molecule is CCC1CN(c2ccc(C(=O)O)c(C)c2)CCN1C. The molecule has 19 heavy (non-hydrogen) atoms. The van der Waals surface area contributed by atoms with Gasteiger partial charge in [0.2, 0.25) is 0 Å². The van der Waals surface area contributed by atoms with Crippen LogP contribution >= 0.6 is 0 Å². The average Bonchev–Trinajstić information content (AvgIpc) is 2.38. The highest BCUT2D eigenvalue weighted by Gasteiger charge is 2.23. The molecule has 0 aliphatic carbocycles. The lowest BCUT2D eigenvalue weighted by atomic mass is 10.1. The third-order valence-corrected chi connectivity index (χ3v) is 4.05. The summed E-state index contributed by atoms with van der Waals surface area (Å²) in [6, 6.07) is 6.20. The van der Waals surface area contributed by atoms with E-state index in [4.69, 9.17) is 5.11 Å². The van der Waals surface area contributed by atoms with Crippen molar-refractivity contribution in [3.63, 3.8) is 0 Å². The van der Waals surface area contributed by atoms with Crippen LogP contribution in [-0.2, 0) is 0 Å². The lowest BCUT2D eigenvalue weighted by Gasteiger charge is -2.40. The molecule has 4 heteroatoms. The van der Waals surface area contributed by atoms with Crippen LogP contribution in [0.5, 0.6) is 0 Å². The topological polar surface area (TPSA) is 43.8 Å². The van der Waals surface area contributed by atoms with Crippen molar-refractivity contribution in [3.8, 4) is 0 Å². The number of hydrogen-bond donors (Lipinski definition) is 1. The Balaban J connectivity index is 2.18. The third kappa shape index (κ3) is 2.89. The molecule has 2 rings (SSSR count). The van der Waals surface area contributed by atoms with Crippen molar-refractivity contribution >= 4 is 11.7 Å². The second-order valence-corrected chi connectivity index (χ2v) is 5.29. The molecule has 0 spiro atoms. The normalized spacial score (nSPS) is 20.6. The van der Waals surface area contributed by atoms with E-state index in [1.165, 1.54) is 0 Å². The van der Waals surface area contributed by atoms with Gasteiger partial charge in [-0.05, 0) is 44.2 Å². The number of aryl methyl sites for hydroxylation is 1. The zero-order valence-corrected chi connectivity index (χ0v) is 11.9. The summed E-state index contributed by atoms with van der Waals surface area (Å²) in [6.45, 7) is 7.14. The molecule has 1 saturated heterocycles. The quantitative estimate of drug-likeness (QED) is 0.907. The fraction of sp³-hybridized carbons (Fsp3) is 0.533. The molecule has 0 amide bonds. The van der Waals surface area contributed by atoms with Gasteiger partial charge in [-0.15, -0.1) is 0 Å². The number of rotatable bonds is 3. The van der Waals surface area contributed by atoms with E-state index >= 15 is 0 Å². The lowest BCUT2D eigenvalue weighted by molar-refractivity contribution is 0.0696. The van der Waals surface area contributed by atoms with Crippen LogP contribution in [0.2, 0.25) is 0 Å². The molecule has 1 N–H and O–H groups in total. The standard InChI is InChI=1S/C15H22N2O2/c1-4-12-10-17(8-7-16(12)3)13-5-6-14(15(18)19)11(2)9-13/h5-6,9,12H,4,7-8,10H2,1-3H3,(H,18,19). The predicted molar refractivity (Wildman–Crippen MR) is 77.1 cm³/mol. The van der Waals surface area contributed by atoms with E-state index in [1.54, 1.807) is 6.07 Å². The minimum absolute atomic E-state index is 0.393. The van der Waals surface area contributed by atoms with Crippen molar-refractivity contribution in [1.82, 2.24) is 4.90 Å². The van der Waals surface area contributed by atoms with Crippen LogP contribution in [0.25, 0.3) is 0 Å². The van der Waals surface area contributed by atoms with Gasteiger partial charge in [0.05, 0.1) is 5.56 Å². The van der Waals surface area contributed by atoms with Crippen molar-refractivity contribution in [2.45, 2.75) is 26.3 Å². The number of carboxylic acid groups (broad SMARTS) is 1. The van der Waals surface area contributed by atoms with E-state index in [0.717, 1.165) is 37.3 Å². The smallest absolute Gasteiger partial charge is 0.335 e. The van der Waals surface area contributed by atoms with E-state index in [1.807, 2.05) is 19.1 Å². The van der Waals surface area contributed by atoms with E-state index in [9.17, 15) is 4.79 Å².